The number of carbonyl (C=O) groups excluding carboxylic acids is 2. The second-order valence-corrected chi connectivity index (χ2v) is 4.66. The van der Waals surface area contributed by atoms with Crippen LogP contribution in [0.5, 0.6) is 11.6 Å². The monoisotopic (exact) mass is 318 g/mol. The molecule has 2 N–H and O–H groups in total. The summed E-state index contributed by atoms with van der Waals surface area (Å²) < 4.78 is 11.6. The van der Waals surface area contributed by atoms with Gasteiger partial charge in [-0.1, -0.05) is 12.1 Å². The minimum atomic E-state index is -0.440. The van der Waals surface area contributed by atoms with E-state index in [2.05, 4.69) is 15.7 Å². The summed E-state index contributed by atoms with van der Waals surface area (Å²) in [7, 11) is 4.61. The van der Waals surface area contributed by atoms with Gasteiger partial charge in [0.1, 0.15) is 11.3 Å². The van der Waals surface area contributed by atoms with Crippen molar-refractivity contribution in [3.8, 4) is 11.6 Å². The molecule has 0 bridgehead atoms. The van der Waals surface area contributed by atoms with E-state index in [1.165, 1.54) is 25.1 Å². The van der Waals surface area contributed by atoms with Gasteiger partial charge in [0.15, 0.2) is 0 Å². The number of nitrogens with zero attached hydrogens (tertiary/aromatic N) is 2. The maximum atomic E-state index is 12.1. The number of aryl methyl sites for hydroxylation is 1. The van der Waals surface area contributed by atoms with E-state index >= 15 is 0 Å². The van der Waals surface area contributed by atoms with Crippen LogP contribution in [0.1, 0.15) is 10.4 Å². The molecule has 8 heteroatoms. The van der Waals surface area contributed by atoms with Crippen LogP contribution in [0.15, 0.2) is 30.5 Å². The van der Waals surface area contributed by atoms with Crippen LogP contribution in [0.4, 0.5) is 5.69 Å². The standard InChI is InChI=1S/C15H18N4O4/c1-19-9-10(15(18-19)23-3)14(21)16-8-13(20)17-11-6-4-5-7-12(11)22-2/h4-7,9H,8H2,1-3H3,(H,16,21)(H,17,20). The molecule has 0 fully saturated rings. The Morgan fingerprint density at radius 1 is 1.22 bits per heavy atom. The first-order chi connectivity index (χ1) is 11.0. The first-order valence-electron chi connectivity index (χ1n) is 6.84. The highest BCUT2D eigenvalue weighted by Crippen LogP contribution is 2.22. The lowest BCUT2D eigenvalue weighted by Gasteiger charge is -2.10. The normalized spacial score (nSPS) is 10.0. The molecule has 0 spiro atoms. The number of benzene rings is 1. The summed E-state index contributed by atoms with van der Waals surface area (Å²) in [5, 5.41) is 9.17. The second-order valence-electron chi connectivity index (χ2n) is 4.66. The lowest BCUT2D eigenvalue weighted by Crippen LogP contribution is -2.33. The average Bonchev–Trinajstić information content (AvgIpc) is 2.94. The van der Waals surface area contributed by atoms with Crippen molar-refractivity contribution >= 4 is 17.5 Å². The van der Waals surface area contributed by atoms with Gasteiger partial charge in [-0.15, -0.1) is 5.10 Å². The van der Waals surface area contributed by atoms with E-state index in [1.54, 1.807) is 31.3 Å². The molecule has 1 aromatic heterocycles. The highest BCUT2D eigenvalue weighted by atomic mass is 16.5. The minimum absolute atomic E-state index is 0.186. The van der Waals surface area contributed by atoms with Crippen molar-refractivity contribution < 1.29 is 19.1 Å². The third kappa shape index (κ3) is 4.00. The summed E-state index contributed by atoms with van der Waals surface area (Å²) in [4.78, 5) is 24.0. The molecular formula is C15H18N4O4. The van der Waals surface area contributed by atoms with E-state index in [4.69, 9.17) is 9.47 Å². The quantitative estimate of drug-likeness (QED) is 0.822. The molecule has 2 aromatic rings. The molecule has 122 valence electrons. The van der Waals surface area contributed by atoms with Gasteiger partial charge in [-0.3, -0.25) is 14.3 Å². The Kier molecular flexibility index (Phi) is 5.19. The van der Waals surface area contributed by atoms with E-state index in [9.17, 15) is 9.59 Å². The third-order valence-electron chi connectivity index (χ3n) is 3.02. The Morgan fingerprint density at radius 3 is 2.65 bits per heavy atom. The second kappa shape index (κ2) is 7.30. The highest BCUT2D eigenvalue weighted by Gasteiger charge is 2.17. The first kappa shape index (κ1) is 16.3. The summed E-state index contributed by atoms with van der Waals surface area (Å²) in [6.07, 6.45) is 1.52. The number of aromatic nitrogens is 2. The van der Waals surface area contributed by atoms with Crippen molar-refractivity contribution in [1.82, 2.24) is 15.1 Å². The maximum absolute atomic E-state index is 12.1. The van der Waals surface area contributed by atoms with Crippen LogP contribution in [0.25, 0.3) is 0 Å². The van der Waals surface area contributed by atoms with Crippen molar-refractivity contribution in [2.24, 2.45) is 7.05 Å². The van der Waals surface area contributed by atoms with Crippen molar-refractivity contribution in [2.75, 3.05) is 26.1 Å². The number of para-hydroxylation sites is 2. The lowest BCUT2D eigenvalue weighted by atomic mass is 10.3. The molecular weight excluding hydrogens is 300 g/mol. The van der Waals surface area contributed by atoms with Crippen molar-refractivity contribution in [2.45, 2.75) is 0 Å². The number of hydrogen-bond donors (Lipinski definition) is 2. The number of anilines is 1. The number of amides is 2. The molecule has 23 heavy (non-hydrogen) atoms. The third-order valence-corrected chi connectivity index (χ3v) is 3.02. The first-order valence-corrected chi connectivity index (χ1v) is 6.84. The van der Waals surface area contributed by atoms with Gasteiger partial charge in [0.25, 0.3) is 5.91 Å². The zero-order valence-electron chi connectivity index (χ0n) is 13.1. The van der Waals surface area contributed by atoms with E-state index in [0.29, 0.717) is 11.4 Å². The van der Waals surface area contributed by atoms with Crippen LogP contribution in [0, 0.1) is 0 Å². The van der Waals surface area contributed by atoms with Crippen molar-refractivity contribution in [3.63, 3.8) is 0 Å². The fraction of sp³-hybridized carbons (Fsp3) is 0.267. The molecule has 0 atom stereocenters. The van der Waals surface area contributed by atoms with Crippen LogP contribution in [-0.2, 0) is 11.8 Å². The molecule has 0 aliphatic rings. The van der Waals surface area contributed by atoms with Gasteiger partial charge in [-0.05, 0) is 12.1 Å². The largest absolute Gasteiger partial charge is 0.495 e. The van der Waals surface area contributed by atoms with Gasteiger partial charge < -0.3 is 20.1 Å². The number of rotatable bonds is 6. The molecule has 0 saturated heterocycles. The maximum Gasteiger partial charge on any atom is 0.258 e. The molecule has 0 radical (unpaired) electrons. The summed E-state index contributed by atoms with van der Waals surface area (Å²) >= 11 is 0. The minimum Gasteiger partial charge on any atom is -0.495 e. The fourth-order valence-electron chi connectivity index (χ4n) is 1.97. The highest BCUT2D eigenvalue weighted by molar-refractivity contribution is 6.00. The van der Waals surface area contributed by atoms with Gasteiger partial charge in [0.05, 0.1) is 26.5 Å². The van der Waals surface area contributed by atoms with Gasteiger partial charge in [0.2, 0.25) is 11.8 Å². The van der Waals surface area contributed by atoms with E-state index in [0.717, 1.165) is 0 Å². The summed E-state index contributed by atoms with van der Waals surface area (Å²) in [5.74, 6) is -0.0629. The fourth-order valence-corrected chi connectivity index (χ4v) is 1.97. The zero-order valence-corrected chi connectivity index (χ0v) is 13.1. The summed E-state index contributed by atoms with van der Waals surface area (Å²) in [5.41, 5.74) is 0.799. The molecule has 1 aromatic carbocycles. The van der Waals surface area contributed by atoms with Gasteiger partial charge in [-0.25, -0.2) is 0 Å². The lowest BCUT2D eigenvalue weighted by molar-refractivity contribution is -0.115. The van der Waals surface area contributed by atoms with Crippen LogP contribution < -0.4 is 20.1 Å². The number of hydrogen-bond acceptors (Lipinski definition) is 5. The van der Waals surface area contributed by atoms with Crippen LogP contribution in [0.2, 0.25) is 0 Å². The molecule has 2 rings (SSSR count). The Labute approximate surface area is 133 Å². The summed E-state index contributed by atoms with van der Waals surface area (Å²) in [6, 6.07) is 7.01. The SMILES string of the molecule is COc1ccccc1NC(=O)CNC(=O)c1cn(C)nc1OC. The zero-order chi connectivity index (χ0) is 16.8. The topological polar surface area (TPSA) is 94.5 Å². The molecule has 0 aliphatic carbocycles. The number of methoxy groups -OCH3 is 2. The van der Waals surface area contributed by atoms with Crippen LogP contribution in [0.3, 0.4) is 0 Å². The molecule has 0 unspecified atom stereocenters. The number of carbonyl (C=O) groups is 2. The predicted molar refractivity (Wildman–Crippen MR) is 83.7 cm³/mol. The van der Waals surface area contributed by atoms with Gasteiger partial charge in [-0.2, -0.15) is 0 Å². The van der Waals surface area contributed by atoms with Crippen molar-refractivity contribution in [1.29, 1.82) is 0 Å². The Bertz CT molecular complexity index is 711. The number of nitrogens with one attached hydrogen (secondary N) is 2. The average molecular weight is 318 g/mol. The molecule has 0 aliphatic heterocycles. The Balaban J connectivity index is 1.95. The van der Waals surface area contributed by atoms with Crippen molar-refractivity contribution in [3.05, 3.63) is 36.0 Å². The molecule has 8 nitrogen and oxygen atoms in total. The molecule has 2 amide bonds. The van der Waals surface area contributed by atoms with E-state index < -0.39 is 5.91 Å². The number of ether oxygens (including phenoxy) is 2. The predicted octanol–water partition coefficient (Wildman–Crippen LogP) is 0.806. The Hall–Kier alpha value is -3.03. The van der Waals surface area contributed by atoms with E-state index in [1.807, 2.05) is 0 Å². The Morgan fingerprint density at radius 2 is 1.96 bits per heavy atom. The molecule has 1 heterocycles. The summed E-state index contributed by atoms with van der Waals surface area (Å²) in [6.45, 7) is -0.186. The smallest absolute Gasteiger partial charge is 0.258 e. The van der Waals surface area contributed by atoms with Crippen LogP contribution in [-0.4, -0.2) is 42.4 Å². The van der Waals surface area contributed by atoms with Gasteiger partial charge in [0, 0.05) is 13.2 Å². The molecule has 0 saturated carbocycles. The van der Waals surface area contributed by atoms with Crippen LogP contribution >= 0.6 is 0 Å². The van der Waals surface area contributed by atoms with Gasteiger partial charge >= 0.3 is 0 Å². The van der Waals surface area contributed by atoms with E-state index in [-0.39, 0.29) is 23.9 Å².